The van der Waals surface area contributed by atoms with Gasteiger partial charge < -0.3 is 13.7 Å². The summed E-state index contributed by atoms with van der Waals surface area (Å²) in [6, 6.07) is 9.41. The molecular formula is C19H28F3N3O2Si. The standard InChI is InChI=1S/C19H28F3N3O2Si/c1-18(2,3)28(4,5)27-12-11-25-16(23-24-17(25)19(20,21)22)14-26-13-15-9-7-6-8-10-15/h6-10H,11-14H2,1-5H3. The number of rotatable bonds is 8. The zero-order valence-electron chi connectivity index (χ0n) is 17.0. The highest BCUT2D eigenvalue weighted by Crippen LogP contribution is 2.36. The second-order valence-electron chi connectivity index (χ2n) is 8.18. The van der Waals surface area contributed by atoms with E-state index in [1.54, 1.807) is 0 Å². The van der Waals surface area contributed by atoms with Gasteiger partial charge in [0.1, 0.15) is 6.61 Å². The molecule has 0 amide bonds. The molecule has 1 heterocycles. The molecule has 0 atom stereocenters. The van der Waals surface area contributed by atoms with E-state index in [0.29, 0.717) is 0 Å². The highest BCUT2D eigenvalue weighted by Gasteiger charge is 2.39. The van der Waals surface area contributed by atoms with Crippen LogP contribution in [0.1, 0.15) is 38.0 Å². The Balaban J connectivity index is 2.06. The predicted molar refractivity (Wildman–Crippen MR) is 103 cm³/mol. The summed E-state index contributed by atoms with van der Waals surface area (Å²) in [4.78, 5) is 0. The Labute approximate surface area is 165 Å². The molecule has 0 N–H and O–H groups in total. The van der Waals surface area contributed by atoms with E-state index in [0.717, 1.165) is 10.1 Å². The van der Waals surface area contributed by atoms with Gasteiger partial charge in [0.2, 0.25) is 5.82 Å². The number of benzene rings is 1. The van der Waals surface area contributed by atoms with Gasteiger partial charge in [-0.1, -0.05) is 51.1 Å². The van der Waals surface area contributed by atoms with Gasteiger partial charge in [-0.25, -0.2) is 0 Å². The minimum atomic E-state index is -4.58. The van der Waals surface area contributed by atoms with Crippen molar-refractivity contribution in [1.82, 2.24) is 14.8 Å². The van der Waals surface area contributed by atoms with E-state index in [9.17, 15) is 13.2 Å². The normalized spacial score (nSPS) is 13.1. The van der Waals surface area contributed by atoms with Crippen LogP contribution in [0.4, 0.5) is 13.2 Å². The number of ether oxygens (including phenoxy) is 1. The molecule has 0 aliphatic rings. The quantitative estimate of drug-likeness (QED) is 0.567. The fourth-order valence-electron chi connectivity index (χ4n) is 2.33. The lowest BCUT2D eigenvalue weighted by atomic mass is 10.2. The summed E-state index contributed by atoms with van der Waals surface area (Å²) in [6.07, 6.45) is -4.58. The van der Waals surface area contributed by atoms with Gasteiger partial charge in [0.15, 0.2) is 14.1 Å². The number of nitrogens with zero attached hydrogens (tertiary/aromatic N) is 3. The van der Waals surface area contributed by atoms with Crippen molar-refractivity contribution in [2.24, 2.45) is 0 Å². The third-order valence-corrected chi connectivity index (χ3v) is 9.55. The molecule has 5 nitrogen and oxygen atoms in total. The maximum Gasteiger partial charge on any atom is 0.451 e. The highest BCUT2D eigenvalue weighted by atomic mass is 28.4. The summed E-state index contributed by atoms with van der Waals surface area (Å²) in [5.41, 5.74) is 0.936. The molecular weight excluding hydrogens is 387 g/mol. The summed E-state index contributed by atoms with van der Waals surface area (Å²) < 4.78 is 52.5. The van der Waals surface area contributed by atoms with E-state index >= 15 is 0 Å². The summed E-state index contributed by atoms with van der Waals surface area (Å²) >= 11 is 0. The molecule has 1 aromatic heterocycles. The minimum Gasteiger partial charge on any atom is -0.415 e. The van der Waals surface area contributed by atoms with Crippen molar-refractivity contribution in [3.63, 3.8) is 0 Å². The van der Waals surface area contributed by atoms with Gasteiger partial charge in [-0.2, -0.15) is 13.2 Å². The molecule has 0 aliphatic carbocycles. The van der Waals surface area contributed by atoms with Gasteiger partial charge in [-0.05, 0) is 23.7 Å². The van der Waals surface area contributed by atoms with Crippen molar-refractivity contribution in [2.75, 3.05) is 6.61 Å². The van der Waals surface area contributed by atoms with Gasteiger partial charge in [-0.15, -0.1) is 10.2 Å². The number of hydrogen-bond acceptors (Lipinski definition) is 4. The lowest BCUT2D eigenvalue weighted by molar-refractivity contribution is -0.147. The largest absolute Gasteiger partial charge is 0.451 e. The molecule has 0 saturated heterocycles. The molecule has 156 valence electrons. The van der Waals surface area contributed by atoms with Crippen molar-refractivity contribution < 1.29 is 22.3 Å². The predicted octanol–water partition coefficient (Wildman–Crippen LogP) is 5.04. The van der Waals surface area contributed by atoms with Crippen LogP contribution in [0.2, 0.25) is 18.1 Å². The SMILES string of the molecule is CC(C)(C)[Si](C)(C)OCCn1c(COCc2ccccc2)nnc1C(F)(F)F. The van der Waals surface area contributed by atoms with Crippen LogP contribution in [0.5, 0.6) is 0 Å². The van der Waals surface area contributed by atoms with Crippen LogP contribution in [-0.2, 0) is 35.1 Å². The first-order valence-electron chi connectivity index (χ1n) is 9.17. The van der Waals surface area contributed by atoms with Crippen LogP contribution < -0.4 is 0 Å². The number of alkyl halides is 3. The minimum absolute atomic E-state index is 0.0192. The van der Waals surface area contributed by atoms with Crippen LogP contribution in [0, 0.1) is 0 Å². The number of aromatic nitrogens is 3. The van der Waals surface area contributed by atoms with Crippen molar-refractivity contribution in [3.05, 3.63) is 47.5 Å². The Morgan fingerprint density at radius 1 is 1.00 bits per heavy atom. The molecule has 2 rings (SSSR count). The molecule has 28 heavy (non-hydrogen) atoms. The van der Waals surface area contributed by atoms with Crippen molar-refractivity contribution >= 4 is 8.32 Å². The van der Waals surface area contributed by atoms with E-state index in [4.69, 9.17) is 9.16 Å². The van der Waals surface area contributed by atoms with E-state index < -0.39 is 20.3 Å². The molecule has 0 radical (unpaired) electrons. The lowest BCUT2D eigenvalue weighted by Gasteiger charge is -2.36. The van der Waals surface area contributed by atoms with E-state index in [1.807, 2.05) is 30.3 Å². The maximum atomic E-state index is 13.3. The van der Waals surface area contributed by atoms with E-state index in [1.165, 1.54) is 0 Å². The Kier molecular flexibility index (Phi) is 7.05. The first kappa shape index (κ1) is 22.6. The molecule has 2 aromatic rings. The molecule has 0 bridgehead atoms. The van der Waals surface area contributed by atoms with E-state index in [-0.39, 0.29) is 37.2 Å². The number of hydrogen-bond donors (Lipinski definition) is 0. The average Bonchev–Trinajstić information content (AvgIpc) is 2.98. The first-order valence-corrected chi connectivity index (χ1v) is 12.1. The summed E-state index contributed by atoms with van der Waals surface area (Å²) in [5, 5.41) is 7.02. The molecule has 1 aromatic carbocycles. The summed E-state index contributed by atoms with van der Waals surface area (Å²) in [6.45, 7) is 10.8. The fraction of sp³-hybridized carbons (Fsp3) is 0.579. The topological polar surface area (TPSA) is 49.2 Å². The fourth-order valence-corrected chi connectivity index (χ4v) is 3.36. The van der Waals surface area contributed by atoms with Gasteiger partial charge >= 0.3 is 6.18 Å². The third kappa shape index (κ3) is 5.89. The Morgan fingerprint density at radius 2 is 1.64 bits per heavy atom. The van der Waals surface area contributed by atoms with Crippen LogP contribution in [-0.4, -0.2) is 29.7 Å². The molecule has 0 saturated carbocycles. The monoisotopic (exact) mass is 415 g/mol. The van der Waals surface area contributed by atoms with Crippen LogP contribution in [0.25, 0.3) is 0 Å². The van der Waals surface area contributed by atoms with Gasteiger partial charge in [-0.3, -0.25) is 0 Å². The Bertz CT molecular complexity index is 756. The summed E-state index contributed by atoms with van der Waals surface area (Å²) in [7, 11) is -2.06. The average molecular weight is 416 g/mol. The van der Waals surface area contributed by atoms with Crippen LogP contribution in [0.15, 0.2) is 30.3 Å². The zero-order chi connectivity index (χ0) is 21.0. The smallest absolute Gasteiger partial charge is 0.415 e. The molecule has 0 fully saturated rings. The molecule has 0 spiro atoms. The van der Waals surface area contributed by atoms with Crippen molar-refractivity contribution in [2.45, 2.75) is 64.8 Å². The van der Waals surface area contributed by atoms with Gasteiger partial charge in [0.05, 0.1) is 13.2 Å². The molecule has 0 aliphatic heterocycles. The van der Waals surface area contributed by atoms with Crippen LogP contribution in [0.3, 0.4) is 0 Å². The van der Waals surface area contributed by atoms with Gasteiger partial charge in [0.25, 0.3) is 0 Å². The van der Waals surface area contributed by atoms with Gasteiger partial charge in [0, 0.05) is 6.54 Å². The Hall–Kier alpha value is -1.71. The second-order valence-corrected chi connectivity index (χ2v) is 13.0. The zero-order valence-corrected chi connectivity index (χ0v) is 18.0. The lowest BCUT2D eigenvalue weighted by Crippen LogP contribution is -2.41. The van der Waals surface area contributed by atoms with Crippen molar-refractivity contribution in [3.8, 4) is 0 Å². The van der Waals surface area contributed by atoms with Crippen LogP contribution >= 0.6 is 0 Å². The third-order valence-electron chi connectivity index (χ3n) is 5.01. The van der Waals surface area contributed by atoms with E-state index in [2.05, 4.69) is 44.1 Å². The summed E-state index contributed by atoms with van der Waals surface area (Å²) in [5.74, 6) is -0.883. The highest BCUT2D eigenvalue weighted by molar-refractivity contribution is 6.74. The molecule has 9 heteroatoms. The van der Waals surface area contributed by atoms with Crippen molar-refractivity contribution in [1.29, 1.82) is 0 Å². The second kappa shape index (κ2) is 8.75. The number of halogens is 3. The Morgan fingerprint density at radius 3 is 2.21 bits per heavy atom. The first-order chi connectivity index (χ1) is 12.9. The maximum absolute atomic E-state index is 13.3. The molecule has 0 unspecified atom stereocenters.